The van der Waals surface area contributed by atoms with Crippen LogP contribution >= 0.6 is 11.8 Å². The van der Waals surface area contributed by atoms with Crippen LogP contribution in [0.2, 0.25) is 0 Å². The monoisotopic (exact) mass is 268 g/mol. The van der Waals surface area contributed by atoms with Crippen LogP contribution in [0, 0.1) is 0 Å². The third-order valence-corrected chi connectivity index (χ3v) is 4.23. The molecular formula is C13H24N4S. The van der Waals surface area contributed by atoms with Crippen molar-refractivity contribution in [1.82, 2.24) is 20.1 Å². The molecule has 5 heteroatoms. The fourth-order valence-corrected chi connectivity index (χ4v) is 3.11. The van der Waals surface area contributed by atoms with Gasteiger partial charge in [-0.3, -0.25) is 0 Å². The molecule has 0 unspecified atom stereocenters. The van der Waals surface area contributed by atoms with Gasteiger partial charge in [0.1, 0.15) is 5.82 Å². The van der Waals surface area contributed by atoms with Gasteiger partial charge in [-0.15, -0.1) is 10.2 Å². The molecule has 1 N–H and O–H groups in total. The van der Waals surface area contributed by atoms with E-state index < -0.39 is 0 Å². The van der Waals surface area contributed by atoms with Gasteiger partial charge in [0, 0.05) is 24.8 Å². The third-order valence-electron chi connectivity index (χ3n) is 3.18. The zero-order chi connectivity index (χ0) is 12.8. The molecule has 0 atom stereocenters. The Bertz CT molecular complexity index is 362. The van der Waals surface area contributed by atoms with Gasteiger partial charge in [0.2, 0.25) is 0 Å². The predicted molar refractivity (Wildman–Crippen MR) is 76.1 cm³/mol. The van der Waals surface area contributed by atoms with Crippen LogP contribution in [0.3, 0.4) is 0 Å². The zero-order valence-corrected chi connectivity index (χ0v) is 12.3. The Kier molecular flexibility index (Phi) is 5.50. The number of hydrogen-bond donors (Lipinski definition) is 1. The Morgan fingerprint density at radius 3 is 3.00 bits per heavy atom. The van der Waals surface area contributed by atoms with E-state index in [1.54, 1.807) is 0 Å². The fourth-order valence-electron chi connectivity index (χ4n) is 2.19. The lowest BCUT2D eigenvalue weighted by Gasteiger charge is -2.08. The second kappa shape index (κ2) is 7.14. The summed E-state index contributed by atoms with van der Waals surface area (Å²) in [5, 5.41) is 13.2. The van der Waals surface area contributed by atoms with Crippen LogP contribution in [-0.4, -0.2) is 33.1 Å². The molecule has 0 aliphatic carbocycles. The lowest BCUT2D eigenvalue weighted by molar-refractivity contribution is 0.582. The number of fused-ring (bicyclic) bond motifs is 1. The number of hydrogen-bond acceptors (Lipinski definition) is 4. The first kappa shape index (κ1) is 13.9. The number of thioether (sulfide) groups is 1. The normalized spacial score (nSPS) is 15.7. The summed E-state index contributed by atoms with van der Waals surface area (Å²) in [6.45, 7) is 6.57. The van der Waals surface area contributed by atoms with E-state index in [0.29, 0.717) is 6.04 Å². The molecule has 0 aromatic carbocycles. The molecule has 0 amide bonds. The molecule has 2 heterocycles. The van der Waals surface area contributed by atoms with Crippen LogP contribution in [0.4, 0.5) is 0 Å². The van der Waals surface area contributed by atoms with Gasteiger partial charge in [0.05, 0.1) is 0 Å². The Balaban J connectivity index is 1.77. The minimum Gasteiger partial charge on any atom is -0.315 e. The Morgan fingerprint density at radius 2 is 2.17 bits per heavy atom. The Labute approximate surface area is 114 Å². The van der Waals surface area contributed by atoms with Crippen LogP contribution in [0.1, 0.15) is 45.4 Å². The molecule has 102 valence electrons. The molecule has 1 aliphatic heterocycles. The SMILES string of the molecule is CC(C)NCCCSc1nnc2n1CCCCC2. The minimum atomic E-state index is 0.583. The third kappa shape index (κ3) is 3.99. The van der Waals surface area contributed by atoms with Gasteiger partial charge in [-0.1, -0.05) is 32.0 Å². The summed E-state index contributed by atoms with van der Waals surface area (Å²) in [5.74, 6) is 2.31. The fraction of sp³-hybridized carbons (Fsp3) is 0.846. The lowest BCUT2D eigenvalue weighted by atomic mass is 10.2. The van der Waals surface area contributed by atoms with Crippen molar-refractivity contribution in [3.05, 3.63) is 5.82 Å². The maximum absolute atomic E-state index is 4.33. The number of rotatable bonds is 6. The first-order valence-electron chi connectivity index (χ1n) is 7.05. The van der Waals surface area contributed by atoms with E-state index in [2.05, 4.69) is 33.9 Å². The van der Waals surface area contributed by atoms with E-state index >= 15 is 0 Å². The number of nitrogens with one attached hydrogen (secondary N) is 1. The van der Waals surface area contributed by atoms with E-state index in [1.165, 1.54) is 31.5 Å². The maximum atomic E-state index is 4.33. The molecule has 18 heavy (non-hydrogen) atoms. The van der Waals surface area contributed by atoms with Crippen LogP contribution in [0.5, 0.6) is 0 Å². The maximum Gasteiger partial charge on any atom is 0.191 e. The molecule has 1 aromatic rings. The smallest absolute Gasteiger partial charge is 0.191 e. The second-order valence-electron chi connectivity index (χ2n) is 5.17. The van der Waals surface area contributed by atoms with E-state index in [0.717, 1.165) is 30.4 Å². The van der Waals surface area contributed by atoms with Crippen molar-refractivity contribution in [2.24, 2.45) is 0 Å². The van der Waals surface area contributed by atoms with Crippen molar-refractivity contribution in [2.75, 3.05) is 12.3 Å². The molecule has 0 radical (unpaired) electrons. The van der Waals surface area contributed by atoms with Crippen molar-refractivity contribution >= 4 is 11.8 Å². The second-order valence-corrected chi connectivity index (χ2v) is 6.23. The summed E-state index contributed by atoms with van der Waals surface area (Å²) in [4.78, 5) is 0. The van der Waals surface area contributed by atoms with Gasteiger partial charge in [-0.2, -0.15) is 0 Å². The summed E-state index contributed by atoms with van der Waals surface area (Å²) in [7, 11) is 0. The minimum absolute atomic E-state index is 0.583. The topological polar surface area (TPSA) is 42.7 Å². The molecule has 0 spiro atoms. The lowest BCUT2D eigenvalue weighted by Crippen LogP contribution is -2.23. The average Bonchev–Trinajstić information content (AvgIpc) is 2.58. The van der Waals surface area contributed by atoms with Crippen LogP contribution in [-0.2, 0) is 13.0 Å². The number of nitrogens with zero attached hydrogens (tertiary/aromatic N) is 3. The zero-order valence-electron chi connectivity index (χ0n) is 11.5. The van der Waals surface area contributed by atoms with Crippen molar-refractivity contribution in [1.29, 1.82) is 0 Å². The highest BCUT2D eigenvalue weighted by atomic mass is 32.2. The molecule has 1 aromatic heterocycles. The van der Waals surface area contributed by atoms with Crippen LogP contribution < -0.4 is 5.32 Å². The molecule has 0 saturated heterocycles. The van der Waals surface area contributed by atoms with Crippen molar-refractivity contribution in [2.45, 2.75) is 63.7 Å². The van der Waals surface area contributed by atoms with Crippen LogP contribution in [0.25, 0.3) is 0 Å². The largest absolute Gasteiger partial charge is 0.315 e. The van der Waals surface area contributed by atoms with E-state index in [9.17, 15) is 0 Å². The highest BCUT2D eigenvalue weighted by Gasteiger charge is 2.14. The van der Waals surface area contributed by atoms with Gasteiger partial charge in [0.15, 0.2) is 5.16 Å². The van der Waals surface area contributed by atoms with Crippen molar-refractivity contribution in [3.63, 3.8) is 0 Å². The van der Waals surface area contributed by atoms with Gasteiger partial charge in [0.25, 0.3) is 0 Å². The summed E-state index contributed by atoms with van der Waals surface area (Å²) >= 11 is 1.85. The average molecular weight is 268 g/mol. The molecule has 1 aliphatic rings. The molecule has 0 fully saturated rings. The molecule has 4 nitrogen and oxygen atoms in total. The molecule has 2 rings (SSSR count). The molecule has 0 saturated carbocycles. The number of aromatic nitrogens is 3. The van der Waals surface area contributed by atoms with Gasteiger partial charge in [-0.25, -0.2) is 0 Å². The molecule has 0 bridgehead atoms. The number of aryl methyl sites for hydroxylation is 1. The van der Waals surface area contributed by atoms with Crippen molar-refractivity contribution in [3.8, 4) is 0 Å². The summed E-state index contributed by atoms with van der Waals surface area (Å²) in [5.41, 5.74) is 0. The van der Waals surface area contributed by atoms with Gasteiger partial charge < -0.3 is 9.88 Å². The highest BCUT2D eigenvalue weighted by molar-refractivity contribution is 7.99. The van der Waals surface area contributed by atoms with E-state index in [4.69, 9.17) is 0 Å². The van der Waals surface area contributed by atoms with Gasteiger partial charge >= 0.3 is 0 Å². The van der Waals surface area contributed by atoms with Crippen LogP contribution in [0.15, 0.2) is 5.16 Å². The molecular weight excluding hydrogens is 244 g/mol. The summed E-state index contributed by atoms with van der Waals surface area (Å²) in [6, 6.07) is 0.583. The first-order valence-corrected chi connectivity index (χ1v) is 8.04. The van der Waals surface area contributed by atoms with Gasteiger partial charge in [-0.05, 0) is 25.8 Å². The predicted octanol–water partition coefficient (Wildman–Crippen LogP) is 2.48. The summed E-state index contributed by atoms with van der Waals surface area (Å²) in [6.07, 6.45) is 6.15. The van der Waals surface area contributed by atoms with Crippen molar-refractivity contribution < 1.29 is 0 Å². The van der Waals surface area contributed by atoms with E-state index in [1.807, 2.05) is 11.8 Å². The highest BCUT2D eigenvalue weighted by Crippen LogP contribution is 2.21. The Morgan fingerprint density at radius 1 is 1.28 bits per heavy atom. The Hall–Kier alpha value is -0.550. The first-order chi connectivity index (χ1) is 8.77. The standard InChI is InChI=1S/C13H24N4S/c1-11(2)14-8-6-10-18-13-16-15-12-7-4-3-5-9-17(12)13/h11,14H,3-10H2,1-2H3. The van der Waals surface area contributed by atoms with E-state index in [-0.39, 0.29) is 0 Å². The summed E-state index contributed by atoms with van der Waals surface area (Å²) < 4.78 is 2.33. The quantitative estimate of drug-likeness (QED) is 0.636.